The number of halogens is 3. The van der Waals surface area contributed by atoms with Crippen molar-refractivity contribution < 1.29 is 14.3 Å². The molecule has 0 saturated carbocycles. The smallest absolute Gasteiger partial charge is 0.229 e. The van der Waals surface area contributed by atoms with E-state index in [-0.39, 0.29) is 24.8 Å². The van der Waals surface area contributed by atoms with Gasteiger partial charge in [0.05, 0.1) is 29.4 Å². The molecule has 1 heterocycles. The molecule has 0 spiro atoms. The van der Waals surface area contributed by atoms with Crippen LogP contribution in [0.15, 0.2) is 36.4 Å². The van der Waals surface area contributed by atoms with E-state index in [0.29, 0.717) is 32.2 Å². The number of nitrogens with zero attached hydrogens (tertiary/aromatic N) is 1. The second-order valence-electron chi connectivity index (χ2n) is 5.83. The molecule has 1 saturated heterocycles. The third-order valence-electron chi connectivity index (χ3n) is 4.12. The molecule has 0 radical (unpaired) electrons. The van der Waals surface area contributed by atoms with E-state index in [1.165, 1.54) is 12.0 Å². The minimum atomic E-state index is -0.516. The molecule has 1 aliphatic rings. The van der Waals surface area contributed by atoms with Crippen molar-refractivity contribution in [2.24, 2.45) is 5.92 Å². The molecular weight excluding hydrogens is 399 g/mol. The third-order valence-corrected chi connectivity index (χ3v) is 4.90. The Morgan fingerprint density at radius 2 is 1.85 bits per heavy atom. The Morgan fingerprint density at radius 1 is 1.15 bits per heavy atom. The van der Waals surface area contributed by atoms with Crippen molar-refractivity contribution in [3.05, 3.63) is 51.5 Å². The molecule has 136 valence electrons. The summed E-state index contributed by atoms with van der Waals surface area (Å²) in [4.78, 5) is 26.5. The maximum atomic E-state index is 12.6. The van der Waals surface area contributed by atoms with Gasteiger partial charge in [-0.1, -0.05) is 34.8 Å². The molecule has 2 aromatic rings. The number of nitrogens with one attached hydrogen (secondary N) is 1. The number of carbonyl (C=O) groups is 2. The molecule has 1 N–H and O–H groups in total. The van der Waals surface area contributed by atoms with Crippen molar-refractivity contribution in [1.82, 2.24) is 0 Å². The molecule has 1 aliphatic heterocycles. The zero-order valence-electron chi connectivity index (χ0n) is 13.8. The first kappa shape index (κ1) is 18.8. The van der Waals surface area contributed by atoms with Crippen molar-refractivity contribution in [3.8, 4) is 5.75 Å². The first-order valence-corrected chi connectivity index (χ1v) is 8.92. The third kappa shape index (κ3) is 3.90. The monoisotopic (exact) mass is 412 g/mol. The highest BCUT2D eigenvalue weighted by atomic mass is 35.5. The number of benzene rings is 2. The van der Waals surface area contributed by atoms with E-state index >= 15 is 0 Å². The zero-order valence-corrected chi connectivity index (χ0v) is 16.0. The standard InChI is InChI=1S/C18H15Cl3N2O3/c1-26-16-5-3-12(20)8-15(16)23-9-10(6-17(23)24)18(25)22-14-4-2-11(19)7-13(14)21/h2-5,7-8,10H,6,9H2,1H3,(H,22,25)/t10-/m1/s1. The van der Waals surface area contributed by atoms with Crippen LogP contribution in [0.2, 0.25) is 15.1 Å². The number of hydrogen-bond acceptors (Lipinski definition) is 3. The Balaban J connectivity index is 1.77. The summed E-state index contributed by atoms with van der Waals surface area (Å²) in [6.45, 7) is 0.229. The number of methoxy groups -OCH3 is 1. The van der Waals surface area contributed by atoms with Crippen LogP contribution in [0.1, 0.15) is 6.42 Å². The maximum Gasteiger partial charge on any atom is 0.229 e. The van der Waals surface area contributed by atoms with Crippen molar-refractivity contribution in [1.29, 1.82) is 0 Å². The van der Waals surface area contributed by atoms with E-state index in [1.807, 2.05) is 0 Å². The van der Waals surface area contributed by atoms with E-state index in [9.17, 15) is 9.59 Å². The Labute approximate surface area is 165 Å². The normalized spacial score (nSPS) is 16.7. The molecule has 2 amide bonds. The van der Waals surface area contributed by atoms with E-state index in [2.05, 4.69) is 5.32 Å². The average molecular weight is 414 g/mol. The molecule has 5 nitrogen and oxygen atoms in total. The van der Waals surface area contributed by atoms with Gasteiger partial charge in [0, 0.05) is 23.0 Å². The summed E-state index contributed by atoms with van der Waals surface area (Å²) in [5.41, 5.74) is 0.997. The molecule has 0 unspecified atom stereocenters. The van der Waals surface area contributed by atoms with Crippen LogP contribution >= 0.6 is 34.8 Å². The van der Waals surface area contributed by atoms with Crippen molar-refractivity contribution in [3.63, 3.8) is 0 Å². The Morgan fingerprint density at radius 3 is 2.54 bits per heavy atom. The number of ether oxygens (including phenoxy) is 1. The predicted molar refractivity (Wildman–Crippen MR) is 104 cm³/mol. The van der Waals surface area contributed by atoms with Crippen molar-refractivity contribution in [2.45, 2.75) is 6.42 Å². The fraction of sp³-hybridized carbons (Fsp3) is 0.222. The van der Waals surface area contributed by atoms with Crippen LogP contribution < -0.4 is 15.0 Å². The molecule has 0 aromatic heterocycles. The minimum absolute atomic E-state index is 0.0900. The summed E-state index contributed by atoms with van der Waals surface area (Å²) in [7, 11) is 1.51. The van der Waals surface area contributed by atoms with Gasteiger partial charge in [0.1, 0.15) is 5.75 Å². The van der Waals surface area contributed by atoms with Crippen LogP contribution in [0, 0.1) is 5.92 Å². The molecule has 2 aromatic carbocycles. The van der Waals surface area contributed by atoms with Crippen molar-refractivity contribution in [2.75, 3.05) is 23.9 Å². The maximum absolute atomic E-state index is 12.6. The van der Waals surface area contributed by atoms with Gasteiger partial charge in [0.15, 0.2) is 0 Å². The van der Waals surface area contributed by atoms with Gasteiger partial charge in [0.2, 0.25) is 11.8 Å². The Kier molecular flexibility index (Phi) is 5.61. The summed E-state index contributed by atoms with van der Waals surface area (Å²) in [6, 6.07) is 9.81. The molecule has 1 fully saturated rings. The second kappa shape index (κ2) is 7.74. The first-order chi connectivity index (χ1) is 12.4. The highest BCUT2D eigenvalue weighted by Crippen LogP contribution is 2.35. The number of hydrogen-bond donors (Lipinski definition) is 1. The number of carbonyl (C=O) groups excluding carboxylic acids is 2. The summed E-state index contributed by atoms with van der Waals surface area (Å²) in [6.07, 6.45) is 0.0900. The largest absolute Gasteiger partial charge is 0.495 e. The number of anilines is 2. The predicted octanol–water partition coefficient (Wildman–Crippen LogP) is 4.65. The minimum Gasteiger partial charge on any atom is -0.495 e. The summed E-state index contributed by atoms with van der Waals surface area (Å²) >= 11 is 18.0. The van der Waals surface area contributed by atoms with Crippen LogP contribution in [-0.4, -0.2) is 25.5 Å². The van der Waals surface area contributed by atoms with Gasteiger partial charge in [-0.15, -0.1) is 0 Å². The number of amides is 2. The van der Waals surface area contributed by atoms with E-state index < -0.39 is 5.92 Å². The van der Waals surface area contributed by atoms with Gasteiger partial charge >= 0.3 is 0 Å². The van der Waals surface area contributed by atoms with Gasteiger partial charge in [-0.05, 0) is 36.4 Å². The fourth-order valence-corrected chi connectivity index (χ4v) is 3.44. The zero-order chi connectivity index (χ0) is 18.8. The van der Waals surface area contributed by atoms with Gasteiger partial charge in [-0.2, -0.15) is 0 Å². The summed E-state index contributed by atoms with van der Waals surface area (Å²) in [5, 5.41) is 4.04. The number of rotatable bonds is 4. The van der Waals surface area contributed by atoms with Gasteiger partial charge in [0.25, 0.3) is 0 Å². The van der Waals surface area contributed by atoms with E-state index in [1.54, 1.807) is 36.4 Å². The quantitative estimate of drug-likeness (QED) is 0.794. The van der Waals surface area contributed by atoms with Gasteiger partial charge in [-0.3, -0.25) is 9.59 Å². The van der Waals surface area contributed by atoms with Crippen LogP contribution in [0.4, 0.5) is 11.4 Å². The molecule has 3 rings (SSSR count). The Hall–Kier alpha value is -1.95. The lowest BCUT2D eigenvalue weighted by atomic mass is 10.1. The lowest BCUT2D eigenvalue weighted by molar-refractivity contribution is -0.122. The lowest BCUT2D eigenvalue weighted by Gasteiger charge is -2.20. The van der Waals surface area contributed by atoms with E-state index in [4.69, 9.17) is 39.5 Å². The molecule has 8 heteroatoms. The van der Waals surface area contributed by atoms with Crippen molar-refractivity contribution >= 4 is 58.0 Å². The van der Waals surface area contributed by atoms with Crippen LogP contribution in [0.25, 0.3) is 0 Å². The SMILES string of the molecule is COc1ccc(Cl)cc1N1C[C@H](C(=O)Nc2ccc(Cl)cc2Cl)CC1=O. The molecular formula is C18H15Cl3N2O3. The summed E-state index contributed by atoms with van der Waals surface area (Å²) in [5.74, 6) is -0.457. The van der Waals surface area contributed by atoms with Gasteiger partial charge in [-0.25, -0.2) is 0 Å². The van der Waals surface area contributed by atoms with Gasteiger partial charge < -0.3 is 15.0 Å². The van der Waals surface area contributed by atoms with Crippen LogP contribution in [-0.2, 0) is 9.59 Å². The highest BCUT2D eigenvalue weighted by Gasteiger charge is 2.36. The first-order valence-electron chi connectivity index (χ1n) is 7.79. The molecule has 0 bridgehead atoms. The topological polar surface area (TPSA) is 58.6 Å². The van der Waals surface area contributed by atoms with E-state index in [0.717, 1.165) is 0 Å². The lowest BCUT2D eigenvalue weighted by Crippen LogP contribution is -2.28. The molecule has 1 atom stereocenters. The average Bonchev–Trinajstić information content (AvgIpc) is 2.99. The molecule has 26 heavy (non-hydrogen) atoms. The fourth-order valence-electron chi connectivity index (χ4n) is 2.82. The summed E-state index contributed by atoms with van der Waals surface area (Å²) < 4.78 is 5.30. The van der Waals surface area contributed by atoms with Crippen LogP contribution in [0.5, 0.6) is 5.75 Å². The highest BCUT2D eigenvalue weighted by molar-refractivity contribution is 6.36. The van der Waals surface area contributed by atoms with Crippen LogP contribution in [0.3, 0.4) is 0 Å². The second-order valence-corrected chi connectivity index (χ2v) is 7.12. The Bertz CT molecular complexity index is 873. The molecule has 0 aliphatic carbocycles.